The van der Waals surface area contributed by atoms with Gasteiger partial charge in [-0.3, -0.25) is 9.59 Å². The summed E-state index contributed by atoms with van der Waals surface area (Å²) in [5.74, 6) is -0.0259. The maximum Gasteiger partial charge on any atom is 0.254 e. The molecule has 0 spiro atoms. The normalized spacial score (nSPS) is 13.8. The van der Waals surface area contributed by atoms with Gasteiger partial charge in [-0.25, -0.2) is 9.97 Å². The van der Waals surface area contributed by atoms with Crippen molar-refractivity contribution in [3.05, 3.63) is 52.2 Å². The third-order valence-corrected chi connectivity index (χ3v) is 5.04. The molecule has 1 aliphatic heterocycles. The van der Waals surface area contributed by atoms with Gasteiger partial charge >= 0.3 is 0 Å². The average Bonchev–Trinajstić information content (AvgIpc) is 3.02. The first-order valence-electron chi connectivity index (χ1n) is 7.63. The van der Waals surface area contributed by atoms with E-state index in [1.165, 1.54) is 17.7 Å². The SMILES string of the molecule is O=C(CNc1nc2ccccc2s1)N1CCc2c(nc[nH]c2=O)C1. The number of nitrogens with one attached hydrogen (secondary N) is 2. The highest BCUT2D eigenvalue weighted by atomic mass is 32.1. The first-order chi connectivity index (χ1) is 11.7. The molecule has 0 atom stereocenters. The number of benzene rings is 1. The summed E-state index contributed by atoms with van der Waals surface area (Å²) in [6.07, 6.45) is 1.92. The van der Waals surface area contributed by atoms with Crippen LogP contribution in [0.3, 0.4) is 0 Å². The molecule has 0 fully saturated rings. The van der Waals surface area contributed by atoms with Gasteiger partial charge in [-0.05, 0) is 18.6 Å². The molecule has 8 heteroatoms. The molecule has 0 aliphatic carbocycles. The lowest BCUT2D eigenvalue weighted by atomic mass is 10.1. The number of H-pyrrole nitrogens is 1. The van der Waals surface area contributed by atoms with Gasteiger partial charge in [0.05, 0.1) is 35.3 Å². The number of thiazole rings is 1. The predicted octanol–water partition coefficient (Wildman–Crippen LogP) is 1.38. The number of anilines is 1. The summed E-state index contributed by atoms with van der Waals surface area (Å²) in [7, 11) is 0. The Balaban J connectivity index is 1.42. The molecule has 0 unspecified atom stereocenters. The molecule has 2 N–H and O–H groups in total. The molecular formula is C16H15N5O2S. The van der Waals surface area contributed by atoms with Gasteiger partial charge in [0.15, 0.2) is 5.13 Å². The van der Waals surface area contributed by atoms with Crippen LogP contribution in [-0.4, -0.2) is 38.8 Å². The van der Waals surface area contributed by atoms with Crippen LogP contribution in [0.5, 0.6) is 0 Å². The second kappa shape index (κ2) is 6.04. The summed E-state index contributed by atoms with van der Waals surface area (Å²) in [5, 5.41) is 3.83. The first-order valence-corrected chi connectivity index (χ1v) is 8.45. The van der Waals surface area contributed by atoms with Gasteiger partial charge in [0.1, 0.15) is 0 Å². The van der Waals surface area contributed by atoms with Crippen LogP contribution in [0.15, 0.2) is 35.4 Å². The number of nitrogens with zero attached hydrogens (tertiary/aromatic N) is 3. The summed E-state index contributed by atoms with van der Waals surface area (Å²) in [6, 6.07) is 7.86. The number of aromatic nitrogens is 3. The number of carbonyl (C=O) groups is 1. The Hall–Kier alpha value is -2.74. The van der Waals surface area contributed by atoms with Crippen LogP contribution >= 0.6 is 11.3 Å². The highest BCUT2D eigenvalue weighted by molar-refractivity contribution is 7.22. The van der Waals surface area contributed by atoms with E-state index in [-0.39, 0.29) is 18.0 Å². The van der Waals surface area contributed by atoms with Gasteiger partial charge in [-0.1, -0.05) is 23.5 Å². The van der Waals surface area contributed by atoms with Crippen molar-refractivity contribution in [2.24, 2.45) is 0 Å². The minimum atomic E-state index is -0.111. The number of rotatable bonds is 3. The lowest BCUT2D eigenvalue weighted by Gasteiger charge is -2.27. The third-order valence-electron chi connectivity index (χ3n) is 4.05. The maximum absolute atomic E-state index is 12.4. The number of hydrogen-bond acceptors (Lipinski definition) is 6. The zero-order chi connectivity index (χ0) is 16.5. The molecule has 1 amide bonds. The van der Waals surface area contributed by atoms with E-state index in [0.29, 0.717) is 30.8 Å². The zero-order valence-corrected chi connectivity index (χ0v) is 13.6. The summed E-state index contributed by atoms with van der Waals surface area (Å²) in [6.45, 7) is 1.08. The van der Waals surface area contributed by atoms with E-state index in [4.69, 9.17) is 0 Å². The molecule has 7 nitrogen and oxygen atoms in total. The van der Waals surface area contributed by atoms with E-state index in [2.05, 4.69) is 20.3 Å². The molecule has 4 rings (SSSR count). The van der Waals surface area contributed by atoms with Crippen molar-refractivity contribution >= 4 is 32.6 Å². The van der Waals surface area contributed by atoms with Gasteiger partial charge < -0.3 is 15.2 Å². The highest BCUT2D eigenvalue weighted by Crippen LogP contribution is 2.25. The van der Waals surface area contributed by atoms with E-state index in [9.17, 15) is 9.59 Å². The van der Waals surface area contributed by atoms with Crippen molar-refractivity contribution in [1.82, 2.24) is 19.9 Å². The summed E-state index contributed by atoms with van der Waals surface area (Å²) >= 11 is 1.53. The fraction of sp³-hybridized carbons (Fsp3) is 0.250. The quantitative estimate of drug-likeness (QED) is 0.751. The van der Waals surface area contributed by atoms with E-state index >= 15 is 0 Å². The Kier molecular flexibility index (Phi) is 3.73. The monoisotopic (exact) mass is 341 g/mol. The van der Waals surface area contributed by atoms with Crippen molar-refractivity contribution in [3.63, 3.8) is 0 Å². The minimum Gasteiger partial charge on any atom is -0.352 e. The van der Waals surface area contributed by atoms with Crippen LogP contribution in [-0.2, 0) is 17.8 Å². The molecule has 2 aromatic heterocycles. The van der Waals surface area contributed by atoms with E-state index in [1.54, 1.807) is 4.90 Å². The zero-order valence-electron chi connectivity index (χ0n) is 12.8. The average molecular weight is 341 g/mol. The topological polar surface area (TPSA) is 91.0 Å². The second-order valence-corrected chi connectivity index (χ2v) is 6.59. The number of hydrogen-bond donors (Lipinski definition) is 2. The standard InChI is InChI=1S/C16H15N5O2S/c22-14(7-17-16-20-11-3-1-2-4-13(11)24-16)21-6-5-10-12(8-21)18-9-19-15(10)23/h1-4,9H,5-8H2,(H,17,20)(H,18,19,23). The van der Waals surface area contributed by atoms with Gasteiger partial charge in [-0.15, -0.1) is 0 Å². The number of para-hydroxylation sites is 1. The van der Waals surface area contributed by atoms with Crippen molar-refractivity contribution in [2.75, 3.05) is 18.4 Å². The first kappa shape index (κ1) is 14.8. The Labute approximate surface area is 141 Å². The predicted molar refractivity (Wildman–Crippen MR) is 92.1 cm³/mol. The lowest BCUT2D eigenvalue weighted by molar-refractivity contribution is -0.130. The van der Waals surface area contributed by atoms with Crippen LogP contribution in [0.2, 0.25) is 0 Å². The molecule has 1 aliphatic rings. The molecule has 0 bridgehead atoms. The Morgan fingerprint density at radius 2 is 2.25 bits per heavy atom. The maximum atomic E-state index is 12.4. The van der Waals surface area contributed by atoms with Crippen molar-refractivity contribution in [3.8, 4) is 0 Å². The molecule has 3 aromatic rings. The molecule has 1 aromatic carbocycles. The molecule has 24 heavy (non-hydrogen) atoms. The Morgan fingerprint density at radius 3 is 3.12 bits per heavy atom. The van der Waals surface area contributed by atoms with Gasteiger partial charge in [0, 0.05) is 12.1 Å². The molecule has 122 valence electrons. The Morgan fingerprint density at radius 1 is 1.38 bits per heavy atom. The Bertz CT molecular complexity index is 931. The summed E-state index contributed by atoms with van der Waals surface area (Å²) in [5.41, 5.74) is 2.17. The smallest absolute Gasteiger partial charge is 0.254 e. The van der Waals surface area contributed by atoms with Crippen LogP contribution in [0.4, 0.5) is 5.13 Å². The second-order valence-electron chi connectivity index (χ2n) is 5.56. The number of aromatic amines is 1. The molecule has 0 saturated heterocycles. The van der Waals surface area contributed by atoms with E-state index < -0.39 is 0 Å². The van der Waals surface area contributed by atoms with E-state index in [1.807, 2.05) is 24.3 Å². The number of carbonyl (C=O) groups excluding carboxylic acids is 1. The summed E-state index contributed by atoms with van der Waals surface area (Å²) in [4.78, 5) is 37.1. The van der Waals surface area contributed by atoms with Gasteiger partial charge in [0.25, 0.3) is 5.56 Å². The van der Waals surface area contributed by atoms with Crippen molar-refractivity contribution < 1.29 is 4.79 Å². The van der Waals surface area contributed by atoms with Crippen LogP contribution in [0, 0.1) is 0 Å². The molecule has 0 radical (unpaired) electrons. The van der Waals surface area contributed by atoms with Crippen molar-refractivity contribution in [1.29, 1.82) is 0 Å². The van der Waals surface area contributed by atoms with Gasteiger partial charge in [-0.2, -0.15) is 0 Å². The molecular weight excluding hydrogens is 326 g/mol. The lowest BCUT2D eigenvalue weighted by Crippen LogP contribution is -2.41. The molecule has 3 heterocycles. The van der Waals surface area contributed by atoms with Crippen LogP contribution in [0.1, 0.15) is 11.3 Å². The number of fused-ring (bicyclic) bond motifs is 2. The van der Waals surface area contributed by atoms with Crippen LogP contribution < -0.4 is 10.9 Å². The van der Waals surface area contributed by atoms with Crippen molar-refractivity contribution in [2.45, 2.75) is 13.0 Å². The fourth-order valence-corrected chi connectivity index (χ4v) is 3.65. The third kappa shape index (κ3) is 2.76. The largest absolute Gasteiger partial charge is 0.352 e. The highest BCUT2D eigenvalue weighted by Gasteiger charge is 2.23. The fourth-order valence-electron chi connectivity index (χ4n) is 2.79. The number of amides is 1. The van der Waals surface area contributed by atoms with Crippen LogP contribution in [0.25, 0.3) is 10.2 Å². The minimum absolute atomic E-state index is 0.0259. The molecule has 0 saturated carbocycles. The summed E-state index contributed by atoms with van der Waals surface area (Å²) < 4.78 is 1.09. The van der Waals surface area contributed by atoms with Gasteiger partial charge in [0.2, 0.25) is 5.91 Å². The van der Waals surface area contributed by atoms with E-state index in [0.717, 1.165) is 15.3 Å².